The van der Waals surface area contributed by atoms with E-state index in [1.165, 1.54) is 9.78 Å². The number of quaternary nitrogens is 1. The Hall–Kier alpha value is -1.80. The Morgan fingerprint density at radius 2 is 2.24 bits per heavy atom. The molecule has 7 heteroatoms. The van der Waals surface area contributed by atoms with Gasteiger partial charge in [0, 0.05) is 23.5 Å². The Balaban J connectivity index is 1.79. The van der Waals surface area contributed by atoms with Gasteiger partial charge in [-0.2, -0.15) is 0 Å². The van der Waals surface area contributed by atoms with Crippen molar-refractivity contribution < 1.29 is 19.8 Å². The summed E-state index contributed by atoms with van der Waals surface area (Å²) in [7, 11) is 0. The standard InChI is InChI=1S/C18H23N3O3S/c1-13-18(23)15(14(12-22)9-20-13)10-19-11-16(17-3-2-8-25-17)21-4-6-24-7-5-21/h2-3,8-10,16,22-23H,4-7,11-12H2,1H3/p+1/t16-/m1/s1. The van der Waals surface area contributed by atoms with Gasteiger partial charge in [0.2, 0.25) is 0 Å². The third-order valence-electron chi connectivity index (χ3n) is 4.55. The number of pyridine rings is 1. The molecular weight excluding hydrogens is 338 g/mol. The highest BCUT2D eigenvalue weighted by atomic mass is 32.1. The van der Waals surface area contributed by atoms with E-state index in [0.717, 1.165) is 26.3 Å². The number of nitrogens with zero attached hydrogens (tertiary/aromatic N) is 2. The van der Waals surface area contributed by atoms with Gasteiger partial charge in [0.1, 0.15) is 24.9 Å². The number of hydrogen-bond donors (Lipinski definition) is 3. The van der Waals surface area contributed by atoms with Crippen LogP contribution in [0.2, 0.25) is 0 Å². The van der Waals surface area contributed by atoms with Gasteiger partial charge < -0.3 is 19.8 Å². The van der Waals surface area contributed by atoms with Crippen molar-refractivity contribution in [3.63, 3.8) is 0 Å². The fourth-order valence-electron chi connectivity index (χ4n) is 3.06. The molecule has 6 nitrogen and oxygen atoms in total. The molecule has 3 heterocycles. The molecule has 3 N–H and O–H groups in total. The Morgan fingerprint density at radius 3 is 2.92 bits per heavy atom. The summed E-state index contributed by atoms with van der Waals surface area (Å²) in [6.45, 7) is 5.69. The largest absolute Gasteiger partial charge is 0.505 e. The smallest absolute Gasteiger partial charge is 0.145 e. The van der Waals surface area contributed by atoms with E-state index in [2.05, 4.69) is 27.5 Å². The van der Waals surface area contributed by atoms with Gasteiger partial charge in [0.25, 0.3) is 0 Å². The number of aliphatic hydroxyl groups is 1. The highest BCUT2D eigenvalue weighted by molar-refractivity contribution is 7.10. The Morgan fingerprint density at radius 1 is 1.44 bits per heavy atom. The number of rotatable bonds is 6. The summed E-state index contributed by atoms with van der Waals surface area (Å²) >= 11 is 1.75. The molecule has 0 amide bonds. The molecule has 1 atom stereocenters. The predicted molar refractivity (Wildman–Crippen MR) is 97.6 cm³/mol. The molecule has 0 saturated carbocycles. The van der Waals surface area contributed by atoms with Crippen LogP contribution in [0.15, 0.2) is 28.7 Å². The summed E-state index contributed by atoms with van der Waals surface area (Å²) < 4.78 is 5.48. The second-order valence-electron chi connectivity index (χ2n) is 6.12. The number of aryl methyl sites for hydroxylation is 1. The van der Waals surface area contributed by atoms with Crippen molar-refractivity contribution in [2.75, 3.05) is 32.8 Å². The minimum atomic E-state index is -0.175. The van der Waals surface area contributed by atoms with E-state index in [1.807, 2.05) is 0 Å². The van der Waals surface area contributed by atoms with Gasteiger partial charge in [-0.1, -0.05) is 6.07 Å². The van der Waals surface area contributed by atoms with E-state index in [9.17, 15) is 10.2 Å². The zero-order chi connectivity index (χ0) is 17.6. The maximum Gasteiger partial charge on any atom is 0.145 e. The molecule has 1 fully saturated rings. The van der Waals surface area contributed by atoms with Crippen molar-refractivity contribution in [3.05, 3.63) is 45.4 Å². The number of aromatic hydroxyl groups is 1. The molecule has 1 aliphatic heterocycles. The number of hydrogen-bond acceptors (Lipinski definition) is 6. The second-order valence-corrected chi connectivity index (χ2v) is 7.10. The number of aliphatic imine (C=N–C) groups is 1. The lowest BCUT2D eigenvalue weighted by Gasteiger charge is -2.30. The number of nitrogens with one attached hydrogen (secondary N) is 1. The first-order chi connectivity index (χ1) is 12.2. The monoisotopic (exact) mass is 362 g/mol. The minimum Gasteiger partial charge on any atom is -0.505 e. The molecule has 0 spiro atoms. The van der Waals surface area contributed by atoms with E-state index in [4.69, 9.17) is 4.74 Å². The van der Waals surface area contributed by atoms with Crippen LogP contribution >= 0.6 is 11.3 Å². The quantitative estimate of drug-likeness (QED) is 0.662. The zero-order valence-corrected chi connectivity index (χ0v) is 15.1. The SMILES string of the molecule is Cc1ncc(CO)c(C=NC[C@H](c2cccs2)[NH+]2CCOCC2)c1O. The number of thiophene rings is 1. The highest BCUT2D eigenvalue weighted by Crippen LogP contribution is 2.22. The van der Waals surface area contributed by atoms with Crippen LogP contribution in [0.5, 0.6) is 5.75 Å². The topological polar surface area (TPSA) is 79.4 Å². The van der Waals surface area contributed by atoms with E-state index in [-0.39, 0.29) is 18.4 Å². The third-order valence-corrected chi connectivity index (χ3v) is 5.54. The Kier molecular flexibility index (Phi) is 6.14. The van der Waals surface area contributed by atoms with Gasteiger partial charge in [-0.3, -0.25) is 9.98 Å². The maximum absolute atomic E-state index is 10.2. The molecule has 0 aromatic carbocycles. The van der Waals surface area contributed by atoms with E-state index in [1.54, 1.807) is 30.7 Å². The minimum absolute atomic E-state index is 0.0849. The molecule has 3 rings (SSSR count). The molecule has 0 bridgehead atoms. The van der Waals surface area contributed by atoms with Crippen molar-refractivity contribution in [1.29, 1.82) is 0 Å². The number of ether oxygens (including phenoxy) is 1. The molecule has 0 unspecified atom stereocenters. The van der Waals surface area contributed by atoms with Crippen molar-refractivity contribution in [2.45, 2.75) is 19.6 Å². The lowest BCUT2D eigenvalue weighted by atomic mass is 10.1. The summed E-state index contributed by atoms with van der Waals surface area (Å²) in [5.74, 6) is 0.0849. The van der Waals surface area contributed by atoms with Crippen molar-refractivity contribution in [2.24, 2.45) is 4.99 Å². The van der Waals surface area contributed by atoms with Crippen LogP contribution in [0.1, 0.15) is 27.7 Å². The first kappa shape index (κ1) is 18.0. The van der Waals surface area contributed by atoms with Crippen molar-refractivity contribution in [3.8, 4) is 5.75 Å². The Bertz CT molecular complexity index is 713. The lowest BCUT2D eigenvalue weighted by molar-refractivity contribution is -0.937. The first-order valence-corrected chi connectivity index (χ1v) is 9.32. The second kappa shape index (κ2) is 8.53. The van der Waals surface area contributed by atoms with Crippen LogP contribution in [-0.4, -0.2) is 54.3 Å². The van der Waals surface area contributed by atoms with Crippen LogP contribution in [0.3, 0.4) is 0 Å². The van der Waals surface area contributed by atoms with Crippen LogP contribution in [0.25, 0.3) is 0 Å². The van der Waals surface area contributed by atoms with Gasteiger partial charge in [-0.15, -0.1) is 11.3 Å². The fraction of sp³-hybridized carbons (Fsp3) is 0.444. The summed E-state index contributed by atoms with van der Waals surface area (Å²) in [6, 6.07) is 4.50. The summed E-state index contributed by atoms with van der Waals surface area (Å²) in [5.41, 5.74) is 1.67. The molecule has 134 valence electrons. The summed E-state index contributed by atoms with van der Waals surface area (Å²) in [4.78, 5) is 11.5. The average molecular weight is 362 g/mol. The molecule has 25 heavy (non-hydrogen) atoms. The average Bonchev–Trinajstić information content (AvgIpc) is 3.17. The third kappa shape index (κ3) is 4.24. The van der Waals surface area contributed by atoms with Crippen LogP contribution in [-0.2, 0) is 11.3 Å². The van der Waals surface area contributed by atoms with E-state index >= 15 is 0 Å². The Labute approximate surface area is 151 Å². The number of aliphatic hydroxyl groups excluding tert-OH is 1. The zero-order valence-electron chi connectivity index (χ0n) is 14.3. The maximum atomic E-state index is 10.2. The van der Waals surface area contributed by atoms with Crippen molar-refractivity contribution in [1.82, 2.24) is 4.98 Å². The van der Waals surface area contributed by atoms with E-state index < -0.39 is 0 Å². The van der Waals surface area contributed by atoms with Gasteiger partial charge in [0.05, 0.1) is 36.9 Å². The van der Waals surface area contributed by atoms with Crippen LogP contribution in [0, 0.1) is 6.92 Å². The molecular formula is C18H24N3O3S+. The normalized spacial score (nSPS) is 17.2. The lowest BCUT2D eigenvalue weighted by Crippen LogP contribution is -3.14. The van der Waals surface area contributed by atoms with Crippen LogP contribution < -0.4 is 4.90 Å². The fourth-order valence-corrected chi connectivity index (χ4v) is 3.94. The molecule has 0 aliphatic carbocycles. The van der Waals surface area contributed by atoms with Gasteiger partial charge >= 0.3 is 0 Å². The summed E-state index contributed by atoms with van der Waals surface area (Å²) in [5, 5.41) is 21.8. The van der Waals surface area contributed by atoms with Gasteiger partial charge in [0.15, 0.2) is 0 Å². The highest BCUT2D eigenvalue weighted by Gasteiger charge is 2.26. The van der Waals surface area contributed by atoms with Crippen molar-refractivity contribution >= 4 is 17.6 Å². The van der Waals surface area contributed by atoms with E-state index in [0.29, 0.717) is 23.4 Å². The van der Waals surface area contributed by atoms with Crippen LogP contribution in [0.4, 0.5) is 0 Å². The molecule has 1 aliphatic rings. The summed E-state index contributed by atoms with van der Waals surface area (Å²) in [6.07, 6.45) is 3.25. The predicted octanol–water partition coefficient (Wildman–Crippen LogP) is 0.725. The molecule has 0 radical (unpaired) electrons. The van der Waals surface area contributed by atoms with Gasteiger partial charge in [-0.05, 0) is 18.4 Å². The number of morpholine rings is 1. The molecule has 2 aromatic rings. The molecule has 2 aromatic heterocycles. The first-order valence-electron chi connectivity index (χ1n) is 8.44. The van der Waals surface area contributed by atoms with Gasteiger partial charge in [-0.25, -0.2) is 0 Å². The molecule has 1 saturated heterocycles. The number of aromatic nitrogens is 1.